The molecule has 1 rings (SSSR count). The molecule has 2 heteroatoms. The fraction of sp³-hybridized carbons (Fsp3) is 0.800. The minimum Gasteiger partial charge on any atom is -1.00 e. The van der Waals surface area contributed by atoms with Crippen molar-refractivity contribution in [3.63, 3.8) is 0 Å². The summed E-state index contributed by atoms with van der Waals surface area (Å²) in [6, 6.07) is 9.56. The van der Waals surface area contributed by atoms with Crippen molar-refractivity contribution >= 4 is 0 Å². The highest BCUT2D eigenvalue weighted by molar-refractivity contribution is 5.28. The zero-order valence-electron chi connectivity index (χ0n) is 22.7. The fourth-order valence-corrected chi connectivity index (χ4v) is 4.65. The number of quaternary nitrogens is 1. The Labute approximate surface area is 213 Å². The van der Waals surface area contributed by atoms with Crippen molar-refractivity contribution in [2.75, 3.05) is 27.2 Å². The van der Waals surface area contributed by atoms with Crippen LogP contribution < -0.4 is 17.0 Å². The summed E-state index contributed by atoms with van der Waals surface area (Å²) in [5, 5.41) is 0. The van der Waals surface area contributed by atoms with Crippen LogP contribution in [-0.2, 0) is 11.8 Å². The van der Waals surface area contributed by atoms with Crippen molar-refractivity contribution in [2.24, 2.45) is 0 Å². The summed E-state index contributed by atoms with van der Waals surface area (Å²) < 4.78 is 1.15. The van der Waals surface area contributed by atoms with Crippen LogP contribution >= 0.6 is 0 Å². The SMILES string of the molecule is CCCCCCCCCCCC[N+](C)(C)CCc1ccc(C(C)(C)CCCCC)cc1.[Br-]. The molecule has 0 bridgehead atoms. The molecule has 0 aromatic heterocycles. The first-order valence-electron chi connectivity index (χ1n) is 13.7. The van der Waals surface area contributed by atoms with Gasteiger partial charge in [0.2, 0.25) is 0 Å². The van der Waals surface area contributed by atoms with Crippen LogP contribution in [0.4, 0.5) is 0 Å². The van der Waals surface area contributed by atoms with E-state index >= 15 is 0 Å². The van der Waals surface area contributed by atoms with Gasteiger partial charge in [0.15, 0.2) is 0 Å². The van der Waals surface area contributed by atoms with Gasteiger partial charge in [-0.25, -0.2) is 0 Å². The largest absolute Gasteiger partial charge is 1.00 e. The van der Waals surface area contributed by atoms with Gasteiger partial charge in [-0.1, -0.05) is 123 Å². The van der Waals surface area contributed by atoms with E-state index in [-0.39, 0.29) is 17.0 Å². The molecule has 0 aliphatic heterocycles. The van der Waals surface area contributed by atoms with E-state index in [9.17, 15) is 0 Å². The average Bonchev–Trinajstić information content (AvgIpc) is 2.74. The maximum Gasteiger partial charge on any atom is 0.0823 e. The number of hydrogen-bond acceptors (Lipinski definition) is 0. The number of rotatable bonds is 19. The first-order valence-corrected chi connectivity index (χ1v) is 13.7. The smallest absolute Gasteiger partial charge is 0.0823 e. The zero-order chi connectivity index (χ0) is 23.0. The fourth-order valence-electron chi connectivity index (χ4n) is 4.65. The quantitative estimate of drug-likeness (QED) is 0.156. The van der Waals surface area contributed by atoms with Crippen LogP contribution in [0.1, 0.15) is 129 Å². The predicted octanol–water partition coefficient (Wildman–Crippen LogP) is 6.09. The van der Waals surface area contributed by atoms with Crippen molar-refractivity contribution < 1.29 is 21.5 Å². The summed E-state index contributed by atoms with van der Waals surface area (Å²) in [4.78, 5) is 0. The molecular weight excluding hydrogens is 454 g/mol. The number of benzene rings is 1. The number of likely N-dealkylation sites (N-methyl/N-ethyl adjacent to an activating group) is 1. The summed E-state index contributed by atoms with van der Waals surface area (Å²) in [6.45, 7) is 12.0. The Morgan fingerprint density at radius 2 is 1.09 bits per heavy atom. The molecule has 0 aliphatic rings. The standard InChI is InChI=1S/C30H56N.BrH/c1-7-9-11-12-13-14-15-16-17-19-26-31(5,6)27-24-28-20-22-29(23-21-28)30(3,4)25-18-10-8-2;/h20-23H,7-19,24-27H2,1-6H3;1H/q+1;/p-1. The first kappa shape index (κ1) is 31.7. The molecule has 0 atom stereocenters. The molecule has 0 amide bonds. The topological polar surface area (TPSA) is 0 Å². The molecule has 0 N–H and O–H groups in total. The van der Waals surface area contributed by atoms with Crippen molar-refractivity contribution in [2.45, 2.75) is 129 Å². The van der Waals surface area contributed by atoms with E-state index in [1.807, 2.05) is 0 Å². The normalized spacial score (nSPS) is 12.1. The molecule has 0 fully saturated rings. The highest BCUT2D eigenvalue weighted by atomic mass is 79.9. The van der Waals surface area contributed by atoms with Gasteiger partial charge in [-0.05, 0) is 35.8 Å². The van der Waals surface area contributed by atoms with Crippen LogP contribution in [0.3, 0.4) is 0 Å². The maximum atomic E-state index is 2.42. The summed E-state index contributed by atoms with van der Waals surface area (Å²) in [6.07, 6.45) is 20.8. The van der Waals surface area contributed by atoms with Crippen LogP contribution in [0.15, 0.2) is 24.3 Å². The molecule has 0 radical (unpaired) electrons. The molecule has 0 saturated carbocycles. The molecule has 188 valence electrons. The Morgan fingerprint density at radius 3 is 1.62 bits per heavy atom. The molecule has 1 nitrogen and oxygen atoms in total. The van der Waals surface area contributed by atoms with Crippen molar-refractivity contribution in [1.29, 1.82) is 0 Å². The molecule has 0 heterocycles. The highest BCUT2D eigenvalue weighted by Gasteiger charge is 2.20. The van der Waals surface area contributed by atoms with Crippen molar-refractivity contribution in [1.82, 2.24) is 0 Å². The lowest BCUT2D eigenvalue weighted by Gasteiger charge is -2.30. The number of hydrogen-bond donors (Lipinski definition) is 0. The summed E-state index contributed by atoms with van der Waals surface area (Å²) >= 11 is 0. The minimum absolute atomic E-state index is 0. The average molecular weight is 511 g/mol. The van der Waals surface area contributed by atoms with Crippen LogP contribution in [0.2, 0.25) is 0 Å². The van der Waals surface area contributed by atoms with E-state index in [0.717, 1.165) is 4.48 Å². The number of nitrogens with zero attached hydrogens (tertiary/aromatic N) is 1. The summed E-state index contributed by atoms with van der Waals surface area (Å²) in [7, 11) is 4.83. The summed E-state index contributed by atoms with van der Waals surface area (Å²) in [5.74, 6) is 0. The second-order valence-corrected chi connectivity index (χ2v) is 11.4. The monoisotopic (exact) mass is 509 g/mol. The van der Waals surface area contributed by atoms with Gasteiger partial charge in [0.25, 0.3) is 0 Å². The molecule has 0 saturated heterocycles. The van der Waals surface area contributed by atoms with E-state index in [1.165, 1.54) is 121 Å². The Morgan fingerprint density at radius 1 is 0.625 bits per heavy atom. The molecular formula is C30H56BrN. The highest BCUT2D eigenvalue weighted by Crippen LogP contribution is 2.29. The Bertz CT molecular complexity index is 546. The van der Waals surface area contributed by atoms with Gasteiger partial charge in [-0.2, -0.15) is 0 Å². The van der Waals surface area contributed by atoms with Crippen molar-refractivity contribution in [3.05, 3.63) is 35.4 Å². The molecule has 1 aromatic rings. The third-order valence-corrected chi connectivity index (χ3v) is 7.26. The maximum absolute atomic E-state index is 2.42. The second kappa shape index (κ2) is 18.0. The van der Waals surface area contributed by atoms with Crippen LogP contribution in [0.25, 0.3) is 0 Å². The van der Waals surface area contributed by atoms with Crippen molar-refractivity contribution in [3.8, 4) is 0 Å². The first-order chi connectivity index (χ1) is 14.8. The lowest BCUT2D eigenvalue weighted by molar-refractivity contribution is -0.890. The van der Waals surface area contributed by atoms with Gasteiger partial charge in [-0.3, -0.25) is 0 Å². The number of unbranched alkanes of at least 4 members (excludes halogenated alkanes) is 11. The van der Waals surface area contributed by atoms with Crippen LogP contribution in [0.5, 0.6) is 0 Å². The lowest BCUT2D eigenvalue weighted by atomic mass is 9.80. The van der Waals surface area contributed by atoms with Crippen LogP contribution in [0, 0.1) is 0 Å². The molecule has 0 unspecified atom stereocenters. The number of halogens is 1. The van der Waals surface area contributed by atoms with E-state index in [0.29, 0.717) is 5.41 Å². The molecule has 0 aliphatic carbocycles. The summed E-state index contributed by atoms with van der Waals surface area (Å²) in [5.41, 5.74) is 3.31. The lowest BCUT2D eigenvalue weighted by Crippen LogP contribution is -3.00. The molecule has 32 heavy (non-hydrogen) atoms. The Hall–Kier alpha value is -0.340. The third kappa shape index (κ3) is 14.7. The van der Waals surface area contributed by atoms with Gasteiger partial charge < -0.3 is 21.5 Å². The van der Waals surface area contributed by atoms with Gasteiger partial charge >= 0.3 is 0 Å². The van der Waals surface area contributed by atoms with Gasteiger partial charge in [0.1, 0.15) is 0 Å². The van der Waals surface area contributed by atoms with Gasteiger partial charge in [0, 0.05) is 6.42 Å². The Kier molecular flexibility index (Phi) is 17.9. The van der Waals surface area contributed by atoms with E-state index in [4.69, 9.17) is 0 Å². The van der Waals surface area contributed by atoms with Crippen LogP contribution in [-0.4, -0.2) is 31.7 Å². The predicted molar refractivity (Wildman–Crippen MR) is 141 cm³/mol. The van der Waals surface area contributed by atoms with E-state index in [2.05, 4.69) is 66.1 Å². The second-order valence-electron chi connectivity index (χ2n) is 11.4. The minimum atomic E-state index is 0. The molecule has 1 aromatic carbocycles. The van der Waals surface area contributed by atoms with Gasteiger partial charge in [0.05, 0.1) is 27.2 Å². The zero-order valence-corrected chi connectivity index (χ0v) is 24.2. The van der Waals surface area contributed by atoms with Gasteiger partial charge in [-0.15, -0.1) is 0 Å². The van der Waals surface area contributed by atoms with E-state index < -0.39 is 0 Å². The van der Waals surface area contributed by atoms with E-state index in [1.54, 1.807) is 0 Å². The molecule has 0 spiro atoms. The third-order valence-electron chi connectivity index (χ3n) is 7.26. The Balaban J connectivity index is 0.00000961.